The van der Waals surface area contributed by atoms with Gasteiger partial charge >= 0.3 is 6.03 Å². The molecule has 2 aromatic heterocycles. The van der Waals surface area contributed by atoms with Gasteiger partial charge in [-0.05, 0) is 35.2 Å². The van der Waals surface area contributed by atoms with Crippen LogP contribution in [0.1, 0.15) is 18.4 Å². The minimum Gasteiger partial charge on any atom is -0.317 e. The van der Waals surface area contributed by atoms with E-state index in [0.717, 1.165) is 12.8 Å². The lowest BCUT2D eigenvalue weighted by Crippen LogP contribution is -2.35. The molecule has 0 radical (unpaired) electrons. The maximum atomic E-state index is 12.3. The summed E-state index contributed by atoms with van der Waals surface area (Å²) in [5.41, 5.74) is 1.20. The van der Waals surface area contributed by atoms with E-state index in [1.807, 2.05) is 10.3 Å². The molecule has 2 aromatic rings. The molecule has 0 N–H and O–H groups in total. The van der Waals surface area contributed by atoms with E-state index in [9.17, 15) is 4.79 Å². The Hall–Kier alpha value is -1.62. The summed E-state index contributed by atoms with van der Waals surface area (Å²) in [6, 6.07) is 2.50. The van der Waals surface area contributed by atoms with Crippen molar-refractivity contribution in [1.29, 1.82) is 0 Å². The highest BCUT2D eigenvalue weighted by Gasteiger charge is 2.33. The highest BCUT2D eigenvalue weighted by molar-refractivity contribution is 7.07. The van der Waals surface area contributed by atoms with E-state index >= 15 is 0 Å². The molecule has 1 aliphatic rings. The summed E-state index contributed by atoms with van der Waals surface area (Å²) in [6.45, 7) is 0.700. The number of rotatable bonds is 3. The van der Waals surface area contributed by atoms with Crippen LogP contribution in [0.2, 0.25) is 0 Å². The van der Waals surface area contributed by atoms with Crippen molar-refractivity contribution < 1.29 is 4.79 Å². The second kappa shape index (κ2) is 4.33. The lowest BCUT2D eigenvalue weighted by atomic mass is 10.3. The predicted molar refractivity (Wildman–Crippen MR) is 65.9 cm³/mol. The summed E-state index contributed by atoms with van der Waals surface area (Å²) in [5, 5.41) is 4.14. The van der Waals surface area contributed by atoms with Crippen molar-refractivity contribution in [3.05, 3.63) is 41.1 Å². The normalized spacial score (nSPS) is 14.8. The maximum Gasteiger partial charge on any atom is 0.329 e. The van der Waals surface area contributed by atoms with Gasteiger partial charge in [-0.15, -0.1) is 0 Å². The topological polar surface area (TPSA) is 38.1 Å². The number of amides is 1. The van der Waals surface area contributed by atoms with Gasteiger partial charge < -0.3 is 4.90 Å². The van der Waals surface area contributed by atoms with Crippen LogP contribution < -0.4 is 0 Å². The number of hydrogen-bond acceptors (Lipinski definition) is 3. The smallest absolute Gasteiger partial charge is 0.317 e. The standard InChI is InChI=1S/C12H13N3OS/c16-12(14-5-4-13-9-14)15(11-1-2-11)7-10-3-6-17-8-10/h3-6,8-9,11H,1-2,7H2. The molecule has 0 aromatic carbocycles. The van der Waals surface area contributed by atoms with Gasteiger partial charge in [-0.3, -0.25) is 4.57 Å². The van der Waals surface area contributed by atoms with E-state index in [4.69, 9.17) is 0 Å². The third-order valence-electron chi connectivity index (χ3n) is 2.89. The van der Waals surface area contributed by atoms with Gasteiger partial charge in [0, 0.05) is 25.0 Å². The molecule has 0 aliphatic heterocycles. The monoisotopic (exact) mass is 247 g/mol. The minimum atomic E-state index is 0.0243. The van der Waals surface area contributed by atoms with Crippen LogP contribution in [-0.2, 0) is 6.54 Å². The molecule has 0 bridgehead atoms. The molecule has 0 atom stereocenters. The first-order valence-electron chi connectivity index (χ1n) is 5.64. The summed E-state index contributed by atoms with van der Waals surface area (Å²) < 4.78 is 1.55. The molecule has 0 unspecified atom stereocenters. The van der Waals surface area contributed by atoms with Crippen LogP contribution in [0.15, 0.2) is 35.5 Å². The lowest BCUT2D eigenvalue weighted by Gasteiger charge is -2.21. The van der Waals surface area contributed by atoms with Gasteiger partial charge in [0.2, 0.25) is 0 Å². The quantitative estimate of drug-likeness (QED) is 0.836. The molecule has 0 spiro atoms. The molecule has 1 amide bonds. The van der Waals surface area contributed by atoms with E-state index in [1.165, 1.54) is 5.56 Å². The van der Waals surface area contributed by atoms with Gasteiger partial charge in [0.05, 0.1) is 0 Å². The van der Waals surface area contributed by atoms with Crippen LogP contribution in [0.25, 0.3) is 0 Å². The van der Waals surface area contributed by atoms with Gasteiger partial charge in [0.25, 0.3) is 0 Å². The summed E-state index contributed by atoms with van der Waals surface area (Å²) >= 11 is 1.67. The Morgan fingerprint density at radius 1 is 1.59 bits per heavy atom. The van der Waals surface area contributed by atoms with Crippen molar-refractivity contribution in [2.75, 3.05) is 0 Å². The Morgan fingerprint density at radius 3 is 3.06 bits per heavy atom. The number of hydrogen-bond donors (Lipinski definition) is 0. The fourth-order valence-electron chi connectivity index (χ4n) is 1.84. The molecule has 1 saturated carbocycles. The SMILES string of the molecule is O=C(N(Cc1ccsc1)C1CC1)n1ccnc1. The van der Waals surface area contributed by atoms with Crippen molar-refractivity contribution in [2.45, 2.75) is 25.4 Å². The number of aromatic nitrogens is 2. The number of carbonyl (C=O) groups excluding carboxylic acids is 1. The molecule has 2 heterocycles. The van der Waals surface area contributed by atoms with E-state index in [0.29, 0.717) is 12.6 Å². The first kappa shape index (κ1) is 10.5. The largest absolute Gasteiger partial charge is 0.329 e. The zero-order valence-electron chi connectivity index (χ0n) is 9.32. The zero-order chi connectivity index (χ0) is 11.7. The van der Waals surface area contributed by atoms with Crippen LogP contribution in [0.3, 0.4) is 0 Å². The minimum absolute atomic E-state index is 0.0243. The predicted octanol–water partition coefficient (Wildman–Crippen LogP) is 2.58. The molecular weight excluding hydrogens is 234 g/mol. The highest BCUT2D eigenvalue weighted by Crippen LogP contribution is 2.29. The van der Waals surface area contributed by atoms with Crippen molar-refractivity contribution in [3.8, 4) is 0 Å². The molecule has 17 heavy (non-hydrogen) atoms. The average Bonchev–Trinajstić information content (AvgIpc) is 2.86. The third kappa shape index (κ3) is 2.24. The Labute approximate surface area is 104 Å². The van der Waals surface area contributed by atoms with Crippen LogP contribution in [0.4, 0.5) is 4.79 Å². The van der Waals surface area contributed by atoms with Gasteiger partial charge in [-0.25, -0.2) is 9.78 Å². The second-order valence-corrected chi connectivity index (χ2v) is 5.02. The van der Waals surface area contributed by atoms with Crippen molar-refractivity contribution in [1.82, 2.24) is 14.5 Å². The summed E-state index contributed by atoms with van der Waals surface area (Å²) in [4.78, 5) is 18.1. The molecule has 4 nitrogen and oxygen atoms in total. The van der Waals surface area contributed by atoms with E-state index < -0.39 is 0 Å². The molecule has 1 fully saturated rings. The van der Waals surface area contributed by atoms with Crippen LogP contribution in [0, 0.1) is 0 Å². The summed E-state index contributed by atoms with van der Waals surface area (Å²) in [5.74, 6) is 0. The molecule has 1 aliphatic carbocycles. The van der Waals surface area contributed by atoms with Crippen molar-refractivity contribution in [2.24, 2.45) is 0 Å². The van der Waals surface area contributed by atoms with Crippen LogP contribution in [-0.4, -0.2) is 26.5 Å². The number of nitrogens with zero attached hydrogens (tertiary/aromatic N) is 3. The fraction of sp³-hybridized carbons (Fsp3) is 0.333. The Balaban J connectivity index is 1.78. The summed E-state index contributed by atoms with van der Waals surface area (Å²) in [7, 11) is 0. The van der Waals surface area contributed by atoms with Crippen LogP contribution in [0.5, 0.6) is 0 Å². The Bertz CT molecular complexity index is 488. The van der Waals surface area contributed by atoms with E-state index in [1.54, 1.807) is 34.6 Å². The molecule has 3 rings (SSSR count). The Kier molecular flexibility index (Phi) is 2.68. The number of imidazole rings is 1. The average molecular weight is 247 g/mol. The van der Waals surface area contributed by atoms with Gasteiger partial charge in [0.15, 0.2) is 0 Å². The lowest BCUT2D eigenvalue weighted by molar-refractivity contribution is 0.193. The molecular formula is C12H13N3OS. The first-order chi connectivity index (χ1) is 8.34. The van der Waals surface area contributed by atoms with Crippen LogP contribution >= 0.6 is 11.3 Å². The number of thiophene rings is 1. The molecule has 5 heteroatoms. The van der Waals surface area contributed by atoms with E-state index in [-0.39, 0.29) is 6.03 Å². The number of carbonyl (C=O) groups is 1. The van der Waals surface area contributed by atoms with Gasteiger partial charge in [-0.2, -0.15) is 11.3 Å². The third-order valence-corrected chi connectivity index (χ3v) is 3.62. The van der Waals surface area contributed by atoms with E-state index in [2.05, 4.69) is 16.4 Å². The fourth-order valence-corrected chi connectivity index (χ4v) is 2.50. The van der Waals surface area contributed by atoms with Crippen molar-refractivity contribution in [3.63, 3.8) is 0 Å². The summed E-state index contributed by atoms with van der Waals surface area (Å²) in [6.07, 6.45) is 7.12. The molecule has 88 valence electrons. The highest BCUT2D eigenvalue weighted by atomic mass is 32.1. The second-order valence-electron chi connectivity index (χ2n) is 4.24. The maximum absolute atomic E-state index is 12.3. The first-order valence-corrected chi connectivity index (χ1v) is 6.59. The Morgan fingerprint density at radius 2 is 2.47 bits per heavy atom. The van der Waals surface area contributed by atoms with Gasteiger partial charge in [0.1, 0.15) is 6.33 Å². The van der Waals surface area contributed by atoms with Gasteiger partial charge in [-0.1, -0.05) is 0 Å². The van der Waals surface area contributed by atoms with Crippen molar-refractivity contribution >= 4 is 17.4 Å². The molecule has 0 saturated heterocycles. The zero-order valence-corrected chi connectivity index (χ0v) is 10.1.